The average molecular weight is 246 g/mol. The van der Waals surface area contributed by atoms with E-state index in [-0.39, 0.29) is 5.41 Å². The molecule has 1 aromatic rings. The molecule has 1 heteroatoms. The molecule has 0 heterocycles. The Hall–Kier alpha value is -0.820. The van der Waals surface area contributed by atoms with Crippen molar-refractivity contribution in [2.45, 2.75) is 51.6 Å². The molecule has 18 heavy (non-hydrogen) atoms. The first-order valence-corrected chi connectivity index (χ1v) is 7.14. The molecule has 0 amide bonds. The predicted molar refractivity (Wildman–Crippen MR) is 76.8 cm³/mol. The summed E-state index contributed by atoms with van der Waals surface area (Å²) in [6, 6.07) is 10.9. The van der Waals surface area contributed by atoms with E-state index in [0.29, 0.717) is 12.0 Å². The zero-order valence-corrected chi connectivity index (χ0v) is 12.1. The number of hydrogen-bond donors (Lipinski definition) is 0. The van der Waals surface area contributed by atoms with E-state index >= 15 is 0 Å². The molecule has 0 aliphatic heterocycles. The van der Waals surface area contributed by atoms with Gasteiger partial charge >= 0.3 is 0 Å². The van der Waals surface area contributed by atoms with E-state index in [1.165, 1.54) is 24.8 Å². The van der Waals surface area contributed by atoms with Crippen LogP contribution in [-0.4, -0.2) is 13.2 Å². The lowest BCUT2D eigenvalue weighted by Gasteiger charge is -2.44. The van der Waals surface area contributed by atoms with Crippen LogP contribution in [0.2, 0.25) is 0 Å². The Morgan fingerprint density at radius 2 is 1.78 bits per heavy atom. The minimum atomic E-state index is 0.197. The number of rotatable bonds is 3. The Morgan fingerprint density at radius 3 is 2.39 bits per heavy atom. The third-order valence-corrected chi connectivity index (χ3v) is 4.80. The lowest BCUT2D eigenvalue weighted by atomic mass is 9.64. The molecule has 3 atom stereocenters. The molecular weight excluding hydrogens is 220 g/mol. The highest BCUT2D eigenvalue weighted by Gasteiger charge is 2.39. The molecule has 0 radical (unpaired) electrons. The van der Waals surface area contributed by atoms with Gasteiger partial charge in [-0.25, -0.2) is 0 Å². The molecule has 1 unspecified atom stereocenters. The van der Waals surface area contributed by atoms with Crippen molar-refractivity contribution in [1.29, 1.82) is 0 Å². The van der Waals surface area contributed by atoms with Gasteiger partial charge in [-0.3, -0.25) is 0 Å². The Labute approximate surface area is 112 Å². The van der Waals surface area contributed by atoms with E-state index in [2.05, 4.69) is 51.1 Å². The summed E-state index contributed by atoms with van der Waals surface area (Å²) in [7, 11) is 1.87. The maximum Gasteiger partial charge on any atom is 0.0610 e. The summed E-state index contributed by atoms with van der Waals surface area (Å²) in [5.74, 6) is 1.43. The molecular formula is C17H26O. The monoisotopic (exact) mass is 246 g/mol. The van der Waals surface area contributed by atoms with E-state index in [9.17, 15) is 0 Å². The van der Waals surface area contributed by atoms with Crippen LogP contribution >= 0.6 is 0 Å². The topological polar surface area (TPSA) is 9.23 Å². The molecule has 1 aliphatic rings. The Bertz CT molecular complexity index is 368. The minimum absolute atomic E-state index is 0.197. The summed E-state index contributed by atoms with van der Waals surface area (Å²) >= 11 is 0. The van der Waals surface area contributed by atoms with Crippen molar-refractivity contribution >= 4 is 0 Å². The molecule has 1 nitrogen and oxygen atoms in total. The first-order chi connectivity index (χ1) is 8.55. The average Bonchev–Trinajstić information content (AvgIpc) is 2.39. The van der Waals surface area contributed by atoms with E-state index in [1.807, 2.05) is 7.11 Å². The van der Waals surface area contributed by atoms with Gasteiger partial charge in [-0.2, -0.15) is 0 Å². The Morgan fingerprint density at radius 1 is 1.11 bits per heavy atom. The molecule has 1 fully saturated rings. The predicted octanol–water partition coefficient (Wildman–Crippen LogP) is 4.42. The van der Waals surface area contributed by atoms with Crippen LogP contribution in [0.5, 0.6) is 0 Å². The summed E-state index contributed by atoms with van der Waals surface area (Å²) in [5.41, 5.74) is 1.63. The van der Waals surface area contributed by atoms with Gasteiger partial charge in [-0.15, -0.1) is 0 Å². The highest BCUT2D eigenvalue weighted by Crippen LogP contribution is 2.43. The second kappa shape index (κ2) is 5.44. The molecule has 0 spiro atoms. The van der Waals surface area contributed by atoms with Gasteiger partial charge in [0.1, 0.15) is 0 Å². The first-order valence-electron chi connectivity index (χ1n) is 7.14. The van der Waals surface area contributed by atoms with E-state index in [0.717, 1.165) is 5.92 Å². The summed E-state index contributed by atoms with van der Waals surface area (Å²) in [6.45, 7) is 7.09. The van der Waals surface area contributed by atoms with E-state index in [4.69, 9.17) is 4.74 Å². The summed E-state index contributed by atoms with van der Waals surface area (Å²) in [4.78, 5) is 0. The highest BCUT2D eigenvalue weighted by molar-refractivity contribution is 5.25. The van der Waals surface area contributed by atoms with Crippen LogP contribution in [0, 0.1) is 11.8 Å². The maximum atomic E-state index is 5.78. The van der Waals surface area contributed by atoms with E-state index in [1.54, 1.807) is 0 Å². The van der Waals surface area contributed by atoms with Gasteiger partial charge in [0, 0.05) is 7.11 Å². The molecule has 0 bridgehead atoms. The zero-order chi connectivity index (χ0) is 13.2. The van der Waals surface area contributed by atoms with Crippen LogP contribution in [0.15, 0.2) is 30.3 Å². The second-order valence-corrected chi connectivity index (χ2v) is 6.39. The number of hydrogen-bond acceptors (Lipinski definition) is 1. The van der Waals surface area contributed by atoms with E-state index < -0.39 is 0 Å². The fourth-order valence-electron chi connectivity index (χ4n) is 3.50. The zero-order valence-electron chi connectivity index (χ0n) is 12.1. The van der Waals surface area contributed by atoms with Crippen molar-refractivity contribution in [3.63, 3.8) is 0 Å². The fraction of sp³-hybridized carbons (Fsp3) is 0.647. The summed E-state index contributed by atoms with van der Waals surface area (Å²) < 4.78 is 5.78. The van der Waals surface area contributed by atoms with Gasteiger partial charge in [0.15, 0.2) is 0 Å². The Balaban J connectivity index is 2.23. The molecule has 0 N–H and O–H groups in total. The summed E-state index contributed by atoms with van der Waals surface area (Å²) in [5, 5.41) is 0. The highest BCUT2D eigenvalue weighted by atomic mass is 16.5. The minimum Gasteiger partial charge on any atom is -0.381 e. The van der Waals surface area contributed by atoms with Crippen molar-refractivity contribution in [3.8, 4) is 0 Å². The van der Waals surface area contributed by atoms with Crippen LogP contribution in [0.1, 0.15) is 45.6 Å². The smallest absolute Gasteiger partial charge is 0.0610 e. The normalized spacial score (nSPS) is 29.2. The van der Waals surface area contributed by atoms with Crippen LogP contribution in [-0.2, 0) is 10.2 Å². The van der Waals surface area contributed by atoms with Gasteiger partial charge in [-0.05, 0) is 35.7 Å². The molecule has 1 aromatic carbocycles. The SMILES string of the molecule is CO[C@@H]1C[C@H](C)CCC1C(C)(C)c1ccccc1. The van der Waals surface area contributed by atoms with Crippen LogP contribution in [0.4, 0.5) is 0 Å². The number of benzene rings is 1. The fourth-order valence-corrected chi connectivity index (χ4v) is 3.50. The number of ether oxygens (including phenoxy) is 1. The van der Waals surface area contributed by atoms with Crippen LogP contribution < -0.4 is 0 Å². The lowest BCUT2D eigenvalue weighted by Crippen LogP contribution is -2.42. The third kappa shape index (κ3) is 2.61. The Kier molecular flexibility index (Phi) is 4.11. The quantitative estimate of drug-likeness (QED) is 0.767. The van der Waals surface area contributed by atoms with Gasteiger partial charge in [0.05, 0.1) is 6.10 Å². The van der Waals surface area contributed by atoms with Crippen molar-refractivity contribution in [1.82, 2.24) is 0 Å². The van der Waals surface area contributed by atoms with Gasteiger partial charge in [-0.1, -0.05) is 57.5 Å². The summed E-state index contributed by atoms with van der Waals surface area (Å²) in [6.07, 6.45) is 4.23. The van der Waals surface area contributed by atoms with Crippen molar-refractivity contribution < 1.29 is 4.74 Å². The third-order valence-electron chi connectivity index (χ3n) is 4.80. The standard InChI is InChI=1S/C17H26O/c1-13-10-11-15(16(12-13)18-4)17(2,3)14-8-6-5-7-9-14/h5-9,13,15-16H,10-12H2,1-4H3/t13-,15?,16-/m1/s1. The maximum absolute atomic E-state index is 5.78. The van der Waals surface area contributed by atoms with Crippen molar-refractivity contribution in [2.75, 3.05) is 7.11 Å². The molecule has 2 rings (SSSR count). The van der Waals surface area contributed by atoms with Gasteiger partial charge in [0.25, 0.3) is 0 Å². The van der Waals surface area contributed by atoms with Gasteiger partial charge < -0.3 is 4.74 Å². The van der Waals surface area contributed by atoms with Crippen LogP contribution in [0.3, 0.4) is 0 Å². The second-order valence-electron chi connectivity index (χ2n) is 6.39. The van der Waals surface area contributed by atoms with Crippen LogP contribution in [0.25, 0.3) is 0 Å². The molecule has 100 valence electrons. The molecule has 1 saturated carbocycles. The van der Waals surface area contributed by atoms with Crippen molar-refractivity contribution in [2.24, 2.45) is 11.8 Å². The number of methoxy groups -OCH3 is 1. The van der Waals surface area contributed by atoms with Gasteiger partial charge in [0.2, 0.25) is 0 Å². The molecule has 0 saturated heterocycles. The molecule has 1 aliphatic carbocycles. The molecule has 0 aromatic heterocycles. The largest absolute Gasteiger partial charge is 0.381 e. The van der Waals surface area contributed by atoms with Crippen molar-refractivity contribution in [3.05, 3.63) is 35.9 Å². The lowest BCUT2D eigenvalue weighted by molar-refractivity contribution is -0.0194. The first kappa shape index (κ1) is 13.6.